The zero-order valence-corrected chi connectivity index (χ0v) is 13.9. The van der Waals surface area contributed by atoms with Crippen LogP contribution in [0.1, 0.15) is 45.2 Å². The van der Waals surface area contributed by atoms with Gasteiger partial charge in [-0.3, -0.25) is 4.79 Å². The van der Waals surface area contributed by atoms with Gasteiger partial charge in [0.15, 0.2) is 0 Å². The van der Waals surface area contributed by atoms with Gasteiger partial charge in [-0.25, -0.2) is 4.98 Å². The summed E-state index contributed by atoms with van der Waals surface area (Å²) in [6, 6.07) is 3.61. The van der Waals surface area contributed by atoms with E-state index in [9.17, 15) is 4.79 Å². The third-order valence-electron chi connectivity index (χ3n) is 4.36. The molecule has 5 heteroatoms. The molecule has 1 aromatic heterocycles. The smallest absolute Gasteiger partial charge is 0.256 e. The third kappa shape index (κ3) is 3.58. The predicted octanol–water partition coefficient (Wildman–Crippen LogP) is 3.32. The summed E-state index contributed by atoms with van der Waals surface area (Å²) in [6.07, 6.45) is 3.70. The Labute approximate surface area is 132 Å². The van der Waals surface area contributed by atoms with E-state index in [0.717, 1.165) is 31.4 Å². The number of nitrogens with zero attached hydrogens (tertiary/aromatic N) is 1. The molecule has 1 heterocycles. The molecule has 0 radical (unpaired) electrons. The minimum absolute atomic E-state index is 0.0735. The van der Waals surface area contributed by atoms with Crippen molar-refractivity contribution in [1.29, 1.82) is 0 Å². The van der Waals surface area contributed by atoms with Crippen molar-refractivity contribution in [2.24, 2.45) is 5.92 Å². The summed E-state index contributed by atoms with van der Waals surface area (Å²) in [5, 5.41) is 2.98. The molecule has 1 aliphatic carbocycles. The number of aromatic nitrogens is 1. The van der Waals surface area contributed by atoms with Crippen LogP contribution in [0.15, 0.2) is 12.1 Å². The lowest BCUT2D eigenvalue weighted by Crippen LogP contribution is -2.48. The van der Waals surface area contributed by atoms with Crippen molar-refractivity contribution >= 4 is 11.6 Å². The number of hydrogen-bond donors (Lipinski definition) is 1. The first-order chi connectivity index (χ1) is 10.5. The number of pyridine rings is 1. The Morgan fingerprint density at radius 1 is 1.50 bits per heavy atom. The van der Waals surface area contributed by atoms with Gasteiger partial charge in [0.1, 0.15) is 5.60 Å². The van der Waals surface area contributed by atoms with Gasteiger partial charge in [0.2, 0.25) is 5.88 Å². The van der Waals surface area contributed by atoms with Crippen LogP contribution in [0.3, 0.4) is 0 Å². The second kappa shape index (κ2) is 7.09. The highest BCUT2D eigenvalue weighted by molar-refractivity contribution is 5.97. The lowest BCUT2D eigenvalue weighted by molar-refractivity contribution is -0.143. The van der Waals surface area contributed by atoms with E-state index < -0.39 is 5.60 Å². The minimum atomic E-state index is -0.720. The van der Waals surface area contributed by atoms with Crippen molar-refractivity contribution in [2.45, 2.75) is 52.1 Å². The lowest BCUT2D eigenvalue weighted by atomic mass is 9.78. The highest BCUT2D eigenvalue weighted by Gasteiger charge is 2.42. The second-order valence-corrected chi connectivity index (χ2v) is 6.07. The van der Waals surface area contributed by atoms with E-state index in [1.165, 1.54) is 0 Å². The topological polar surface area (TPSA) is 60.5 Å². The summed E-state index contributed by atoms with van der Waals surface area (Å²) in [4.78, 5) is 17.1. The lowest BCUT2D eigenvalue weighted by Gasteiger charge is -2.37. The van der Waals surface area contributed by atoms with E-state index >= 15 is 0 Å². The van der Waals surface area contributed by atoms with Gasteiger partial charge in [-0.1, -0.05) is 13.3 Å². The number of aryl methyl sites for hydroxylation is 1. The molecule has 5 nitrogen and oxygen atoms in total. The van der Waals surface area contributed by atoms with Crippen molar-refractivity contribution in [3.05, 3.63) is 17.8 Å². The average Bonchev–Trinajstić information content (AvgIpc) is 2.50. The molecule has 1 saturated carbocycles. The number of hydrogen-bond acceptors (Lipinski definition) is 4. The number of anilines is 1. The quantitative estimate of drug-likeness (QED) is 0.906. The van der Waals surface area contributed by atoms with Gasteiger partial charge >= 0.3 is 0 Å². The molecule has 22 heavy (non-hydrogen) atoms. The fourth-order valence-corrected chi connectivity index (χ4v) is 3.12. The number of amides is 1. The maximum absolute atomic E-state index is 12.7. The molecule has 122 valence electrons. The minimum Gasteiger partial charge on any atom is -0.478 e. The summed E-state index contributed by atoms with van der Waals surface area (Å²) in [7, 11) is 1.63. The molecule has 0 saturated heterocycles. The Morgan fingerprint density at radius 3 is 2.86 bits per heavy atom. The summed E-state index contributed by atoms with van der Waals surface area (Å²) in [5.74, 6) is 1.00. The van der Waals surface area contributed by atoms with Gasteiger partial charge in [0, 0.05) is 13.2 Å². The summed E-state index contributed by atoms with van der Waals surface area (Å²) in [5.41, 5.74) is 0.736. The number of ether oxygens (including phenoxy) is 2. The average molecular weight is 306 g/mol. The zero-order chi connectivity index (χ0) is 16.2. The van der Waals surface area contributed by atoms with Crippen LogP contribution in [-0.2, 0) is 9.53 Å². The zero-order valence-electron chi connectivity index (χ0n) is 13.9. The van der Waals surface area contributed by atoms with Crippen LogP contribution in [0.5, 0.6) is 5.88 Å². The molecule has 1 fully saturated rings. The van der Waals surface area contributed by atoms with Crippen molar-refractivity contribution in [1.82, 2.24) is 4.98 Å². The molecule has 2 atom stereocenters. The molecule has 1 aromatic rings. The SMILES string of the molecule is CCOc1ccc(NC(=O)[C@]2(OC)CCC[C@@H](C)C2)c(C)n1. The molecule has 1 amide bonds. The highest BCUT2D eigenvalue weighted by atomic mass is 16.5. The number of carbonyl (C=O) groups is 1. The van der Waals surface area contributed by atoms with Gasteiger partial charge in [-0.05, 0) is 45.1 Å². The van der Waals surface area contributed by atoms with Gasteiger partial charge < -0.3 is 14.8 Å². The monoisotopic (exact) mass is 306 g/mol. The molecule has 0 spiro atoms. The van der Waals surface area contributed by atoms with Crippen LogP contribution in [0, 0.1) is 12.8 Å². The summed E-state index contributed by atoms with van der Waals surface area (Å²) in [6.45, 7) is 6.52. The number of carbonyl (C=O) groups excluding carboxylic acids is 1. The van der Waals surface area contributed by atoms with E-state index in [-0.39, 0.29) is 5.91 Å². The first-order valence-corrected chi connectivity index (χ1v) is 7.98. The first-order valence-electron chi connectivity index (χ1n) is 7.98. The second-order valence-electron chi connectivity index (χ2n) is 6.07. The van der Waals surface area contributed by atoms with E-state index in [2.05, 4.69) is 17.2 Å². The molecular formula is C17H26N2O3. The molecule has 0 unspecified atom stereocenters. The normalized spacial score (nSPS) is 24.8. The van der Waals surface area contributed by atoms with Crippen LogP contribution in [-0.4, -0.2) is 30.2 Å². The van der Waals surface area contributed by atoms with Crippen LogP contribution >= 0.6 is 0 Å². The van der Waals surface area contributed by atoms with Gasteiger partial charge in [0.25, 0.3) is 5.91 Å². The van der Waals surface area contributed by atoms with Crippen molar-refractivity contribution < 1.29 is 14.3 Å². The summed E-state index contributed by atoms with van der Waals surface area (Å²) < 4.78 is 11.0. The Balaban J connectivity index is 2.13. The van der Waals surface area contributed by atoms with Crippen LogP contribution < -0.4 is 10.1 Å². The Morgan fingerprint density at radius 2 is 2.27 bits per heavy atom. The molecule has 0 bridgehead atoms. The Bertz CT molecular complexity index is 533. The Kier molecular flexibility index (Phi) is 5.40. The van der Waals surface area contributed by atoms with Crippen LogP contribution in [0.25, 0.3) is 0 Å². The molecular weight excluding hydrogens is 280 g/mol. The molecule has 0 aliphatic heterocycles. The van der Waals surface area contributed by atoms with E-state index in [1.807, 2.05) is 19.9 Å². The van der Waals surface area contributed by atoms with E-state index in [4.69, 9.17) is 9.47 Å². The molecule has 1 N–H and O–H groups in total. The van der Waals surface area contributed by atoms with Gasteiger partial charge in [-0.15, -0.1) is 0 Å². The van der Waals surface area contributed by atoms with Crippen molar-refractivity contribution in [3.8, 4) is 5.88 Å². The fourth-order valence-electron chi connectivity index (χ4n) is 3.12. The van der Waals surface area contributed by atoms with Crippen LogP contribution in [0.2, 0.25) is 0 Å². The predicted molar refractivity (Wildman–Crippen MR) is 86.1 cm³/mol. The maximum Gasteiger partial charge on any atom is 0.256 e. The first kappa shape index (κ1) is 16.7. The number of rotatable bonds is 5. The standard InChI is InChI=1S/C17H26N2O3/c1-5-22-15-9-8-14(13(3)18-15)19-16(20)17(21-4)10-6-7-12(2)11-17/h8-9,12H,5-7,10-11H2,1-4H3,(H,19,20)/t12-,17+/m1/s1. The molecule has 0 aromatic carbocycles. The highest BCUT2D eigenvalue weighted by Crippen LogP contribution is 2.36. The molecule has 2 rings (SSSR count). The number of methoxy groups -OCH3 is 1. The third-order valence-corrected chi connectivity index (χ3v) is 4.36. The maximum atomic E-state index is 12.7. The van der Waals surface area contributed by atoms with Gasteiger partial charge in [0.05, 0.1) is 18.0 Å². The van der Waals surface area contributed by atoms with E-state index in [0.29, 0.717) is 24.1 Å². The molecule has 1 aliphatic rings. The fraction of sp³-hybridized carbons (Fsp3) is 0.647. The van der Waals surface area contributed by atoms with Crippen molar-refractivity contribution in [3.63, 3.8) is 0 Å². The number of nitrogens with one attached hydrogen (secondary N) is 1. The Hall–Kier alpha value is -1.62. The van der Waals surface area contributed by atoms with Crippen LogP contribution in [0.4, 0.5) is 5.69 Å². The van der Waals surface area contributed by atoms with E-state index in [1.54, 1.807) is 13.2 Å². The largest absolute Gasteiger partial charge is 0.478 e. The van der Waals surface area contributed by atoms with Gasteiger partial charge in [-0.2, -0.15) is 0 Å². The summed E-state index contributed by atoms with van der Waals surface area (Å²) >= 11 is 0. The van der Waals surface area contributed by atoms with Crippen molar-refractivity contribution in [2.75, 3.05) is 19.0 Å².